The average molecular weight is 244 g/mol. The molecule has 1 aliphatic rings. The number of β-amino-alcohol motifs (C(OH)–C–C–N with tert-alkyl or cyclic N) is 1. The number of carbonyl (C=O) groups is 2. The van der Waals surface area contributed by atoms with Crippen LogP contribution in [0.2, 0.25) is 0 Å². The van der Waals surface area contributed by atoms with E-state index in [9.17, 15) is 14.7 Å². The molecule has 17 heavy (non-hydrogen) atoms. The number of carboxylic acids is 1. The molecular formula is C11H20N2O4. The van der Waals surface area contributed by atoms with Crippen molar-refractivity contribution in [1.82, 2.24) is 10.2 Å². The Balaban J connectivity index is 2.45. The molecule has 2 amide bonds. The summed E-state index contributed by atoms with van der Waals surface area (Å²) in [7, 11) is 0. The van der Waals surface area contributed by atoms with Crippen molar-refractivity contribution in [1.29, 1.82) is 0 Å². The molecule has 0 spiro atoms. The number of aliphatic carboxylic acids is 1. The monoisotopic (exact) mass is 244 g/mol. The normalized spacial score (nSPS) is 23.2. The fraction of sp³-hybridized carbons (Fsp3) is 0.818. The molecule has 98 valence electrons. The molecule has 0 aromatic heterocycles. The van der Waals surface area contributed by atoms with Crippen LogP contribution < -0.4 is 5.32 Å². The number of carbonyl (C=O) groups excluding carboxylic acids is 1. The van der Waals surface area contributed by atoms with E-state index < -0.39 is 17.5 Å². The molecule has 1 fully saturated rings. The molecule has 0 aliphatic carbocycles. The highest BCUT2D eigenvalue weighted by molar-refractivity contribution is 5.78. The van der Waals surface area contributed by atoms with E-state index in [1.54, 1.807) is 13.8 Å². The van der Waals surface area contributed by atoms with Gasteiger partial charge < -0.3 is 20.4 Å². The number of hydrogen-bond donors (Lipinski definition) is 3. The molecule has 0 aromatic carbocycles. The van der Waals surface area contributed by atoms with Crippen LogP contribution in [0.5, 0.6) is 0 Å². The molecule has 2 atom stereocenters. The van der Waals surface area contributed by atoms with Crippen LogP contribution in [-0.2, 0) is 4.79 Å². The lowest BCUT2D eigenvalue weighted by Gasteiger charge is -2.25. The summed E-state index contributed by atoms with van der Waals surface area (Å²) in [5, 5.41) is 21.0. The number of nitrogens with one attached hydrogen (secondary N) is 1. The SMILES string of the molecule is CCC(C)(CNC(=O)N1CCC(O)C1)C(=O)O. The van der Waals surface area contributed by atoms with Gasteiger partial charge in [0, 0.05) is 19.6 Å². The van der Waals surface area contributed by atoms with Gasteiger partial charge in [0.2, 0.25) is 0 Å². The summed E-state index contributed by atoms with van der Waals surface area (Å²) in [4.78, 5) is 24.2. The summed E-state index contributed by atoms with van der Waals surface area (Å²) in [6.45, 7) is 4.32. The molecule has 0 bridgehead atoms. The van der Waals surface area contributed by atoms with Gasteiger partial charge in [-0.05, 0) is 19.8 Å². The predicted molar refractivity (Wildman–Crippen MR) is 61.6 cm³/mol. The van der Waals surface area contributed by atoms with Gasteiger partial charge in [0.05, 0.1) is 11.5 Å². The van der Waals surface area contributed by atoms with Crippen molar-refractivity contribution in [2.24, 2.45) is 5.41 Å². The zero-order chi connectivity index (χ0) is 13.1. The third-order valence-corrected chi connectivity index (χ3v) is 3.38. The van der Waals surface area contributed by atoms with Crippen LogP contribution in [0.3, 0.4) is 0 Å². The van der Waals surface area contributed by atoms with Crippen LogP contribution >= 0.6 is 0 Å². The van der Waals surface area contributed by atoms with E-state index in [1.165, 1.54) is 4.90 Å². The first-order valence-corrected chi connectivity index (χ1v) is 5.83. The lowest BCUT2D eigenvalue weighted by Crippen LogP contribution is -2.45. The smallest absolute Gasteiger partial charge is 0.317 e. The minimum atomic E-state index is -0.937. The van der Waals surface area contributed by atoms with E-state index in [1.807, 2.05) is 0 Å². The summed E-state index contributed by atoms with van der Waals surface area (Å²) >= 11 is 0. The summed E-state index contributed by atoms with van der Waals surface area (Å²) in [5.74, 6) is -0.915. The molecule has 3 N–H and O–H groups in total. The van der Waals surface area contributed by atoms with Crippen molar-refractivity contribution >= 4 is 12.0 Å². The third-order valence-electron chi connectivity index (χ3n) is 3.38. The second-order valence-corrected chi connectivity index (χ2v) is 4.77. The van der Waals surface area contributed by atoms with Crippen molar-refractivity contribution in [3.8, 4) is 0 Å². The van der Waals surface area contributed by atoms with Crippen LogP contribution in [0.4, 0.5) is 4.79 Å². The number of aliphatic hydroxyl groups excluding tert-OH is 1. The summed E-state index contributed by atoms with van der Waals surface area (Å²) < 4.78 is 0. The molecule has 1 heterocycles. The van der Waals surface area contributed by atoms with Gasteiger partial charge in [-0.2, -0.15) is 0 Å². The Kier molecular flexibility index (Phi) is 4.34. The van der Waals surface area contributed by atoms with Crippen LogP contribution in [0, 0.1) is 5.41 Å². The first-order chi connectivity index (χ1) is 7.89. The Morgan fingerprint density at radius 3 is 2.59 bits per heavy atom. The highest BCUT2D eigenvalue weighted by Crippen LogP contribution is 2.20. The van der Waals surface area contributed by atoms with Crippen LogP contribution in [0.25, 0.3) is 0 Å². The number of rotatable bonds is 4. The van der Waals surface area contributed by atoms with Gasteiger partial charge in [-0.1, -0.05) is 6.92 Å². The maximum absolute atomic E-state index is 11.7. The summed E-state index contributed by atoms with van der Waals surface area (Å²) in [6.07, 6.45) is 0.570. The zero-order valence-corrected chi connectivity index (χ0v) is 10.3. The summed E-state index contributed by atoms with van der Waals surface area (Å²) in [6, 6.07) is -0.303. The van der Waals surface area contributed by atoms with Gasteiger partial charge in [0.15, 0.2) is 0 Å². The highest BCUT2D eigenvalue weighted by atomic mass is 16.4. The molecule has 0 radical (unpaired) electrons. The van der Waals surface area contributed by atoms with Gasteiger partial charge in [-0.3, -0.25) is 4.79 Å². The Bertz CT molecular complexity index is 308. The Labute approximate surface area is 101 Å². The van der Waals surface area contributed by atoms with E-state index in [2.05, 4.69) is 5.32 Å². The zero-order valence-electron chi connectivity index (χ0n) is 10.3. The number of nitrogens with zero attached hydrogens (tertiary/aromatic N) is 1. The van der Waals surface area contributed by atoms with Gasteiger partial charge in [-0.25, -0.2) is 4.79 Å². The van der Waals surface area contributed by atoms with Crippen molar-refractivity contribution in [3.05, 3.63) is 0 Å². The Hall–Kier alpha value is -1.30. The van der Waals surface area contributed by atoms with Crippen LogP contribution in [0.15, 0.2) is 0 Å². The van der Waals surface area contributed by atoms with Crippen molar-refractivity contribution in [3.63, 3.8) is 0 Å². The number of likely N-dealkylation sites (tertiary alicyclic amines) is 1. The quantitative estimate of drug-likeness (QED) is 0.662. The first kappa shape index (κ1) is 13.8. The van der Waals surface area contributed by atoms with E-state index in [0.29, 0.717) is 25.9 Å². The number of amides is 2. The number of urea groups is 1. The van der Waals surface area contributed by atoms with Crippen molar-refractivity contribution < 1.29 is 19.8 Å². The van der Waals surface area contributed by atoms with Gasteiger partial charge in [0.25, 0.3) is 0 Å². The van der Waals surface area contributed by atoms with Gasteiger partial charge in [-0.15, -0.1) is 0 Å². The van der Waals surface area contributed by atoms with Crippen LogP contribution in [-0.4, -0.2) is 52.9 Å². The van der Waals surface area contributed by atoms with Crippen molar-refractivity contribution in [2.45, 2.75) is 32.8 Å². The van der Waals surface area contributed by atoms with E-state index in [4.69, 9.17) is 5.11 Å². The van der Waals surface area contributed by atoms with Crippen LogP contribution in [0.1, 0.15) is 26.7 Å². The molecule has 2 unspecified atom stereocenters. The minimum Gasteiger partial charge on any atom is -0.481 e. The minimum absolute atomic E-state index is 0.101. The van der Waals surface area contributed by atoms with E-state index in [-0.39, 0.29) is 12.6 Å². The number of aliphatic hydroxyl groups is 1. The lowest BCUT2D eigenvalue weighted by molar-refractivity contribution is -0.147. The molecule has 0 aromatic rings. The lowest BCUT2D eigenvalue weighted by atomic mass is 9.88. The Morgan fingerprint density at radius 1 is 1.53 bits per heavy atom. The van der Waals surface area contributed by atoms with Gasteiger partial charge >= 0.3 is 12.0 Å². The van der Waals surface area contributed by atoms with E-state index >= 15 is 0 Å². The standard InChI is InChI=1S/C11H20N2O4/c1-3-11(2,9(15)16)7-12-10(17)13-5-4-8(14)6-13/h8,14H,3-7H2,1-2H3,(H,12,17)(H,15,16). The Morgan fingerprint density at radius 2 is 2.18 bits per heavy atom. The predicted octanol–water partition coefficient (Wildman–Crippen LogP) is 0.263. The maximum atomic E-state index is 11.7. The number of hydrogen-bond acceptors (Lipinski definition) is 3. The third kappa shape index (κ3) is 3.33. The largest absolute Gasteiger partial charge is 0.481 e. The second kappa shape index (κ2) is 5.35. The summed E-state index contributed by atoms with van der Waals surface area (Å²) in [5.41, 5.74) is -0.937. The molecule has 1 saturated heterocycles. The topological polar surface area (TPSA) is 89.9 Å². The molecular weight excluding hydrogens is 224 g/mol. The fourth-order valence-electron chi connectivity index (χ4n) is 1.66. The maximum Gasteiger partial charge on any atom is 0.317 e. The molecule has 1 rings (SSSR count). The fourth-order valence-corrected chi connectivity index (χ4v) is 1.66. The van der Waals surface area contributed by atoms with E-state index in [0.717, 1.165) is 0 Å². The molecule has 1 aliphatic heterocycles. The molecule has 6 nitrogen and oxygen atoms in total. The first-order valence-electron chi connectivity index (χ1n) is 5.83. The molecule has 6 heteroatoms. The average Bonchev–Trinajstić information content (AvgIpc) is 2.72. The molecule has 0 saturated carbocycles. The highest BCUT2D eigenvalue weighted by Gasteiger charge is 2.33. The van der Waals surface area contributed by atoms with Crippen molar-refractivity contribution in [2.75, 3.05) is 19.6 Å². The second-order valence-electron chi connectivity index (χ2n) is 4.77. The van der Waals surface area contributed by atoms with Gasteiger partial charge in [0.1, 0.15) is 0 Å². The number of carboxylic acid groups (broad SMARTS) is 1.